The number of amides is 2. The maximum Gasteiger partial charge on any atom is 0.321 e. The fourth-order valence-electron chi connectivity index (χ4n) is 2.09. The van der Waals surface area contributed by atoms with E-state index in [1.807, 2.05) is 24.3 Å². The summed E-state index contributed by atoms with van der Waals surface area (Å²) in [5.74, 6) is -1.41. The lowest BCUT2D eigenvalue weighted by Gasteiger charge is -2.32. The van der Waals surface area contributed by atoms with Crippen LogP contribution in [-0.2, 0) is 11.2 Å². The van der Waals surface area contributed by atoms with Gasteiger partial charge >= 0.3 is 12.0 Å². The van der Waals surface area contributed by atoms with Crippen LogP contribution < -0.4 is 10.2 Å². The number of nitrogens with zero attached hydrogens (tertiary/aromatic N) is 1. The molecule has 17 heavy (non-hydrogen) atoms. The second-order valence-corrected chi connectivity index (χ2v) is 4.03. The third-order valence-electron chi connectivity index (χ3n) is 2.96. The average Bonchev–Trinajstić information content (AvgIpc) is 2.36. The van der Waals surface area contributed by atoms with Crippen LogP contribution in [-0.4, -0.2) is 30.7 Å². The first-order chi connectivity index (χ1) is 8.13. The fourth-order valence-corrected chi connectivity index (χ4v) is 2.09. The van der Waals surface area contributed by atoms with Crippen molar-refractivity contribution in [1.29, 1.82) is 0 Å². The highest BCUT2D eigenvalue weighted by atomic mass is 16.4. The van der Waals surface area contributed by atoms with Crippen LogP contribution in [0.2, 0.25) is 0 Å². The maximum atomic E-state index is 11.7. The number of hydrogen-bond donors (Lipinski definition) is 2. The van der Waals surface area contributed by atoms with Crippen LogP contribution in [0.15, 0.2) is 24.3 Å². The molecule has 1 aliphatic rings. The number of carbonyl (C=O) groups is 2. The van der Waals surface area contributed by atoms with Crippen molar-refractivity contribution in [2.75, 3.05) is 18.5 Å². The van der Waals surface area contributed by atoms with E-state index in [1.165, 1.54) is 11.9 Å². The van der Waals surface area contributed by atoms with E-state index in [-0.39, 0.29) is 12.6 Å². The van der Waals surface area contributed by atoms with E-state index < -0.39 is 11.9 Å². The summed E-state index contributed by atoms with van der Waals surface area (Å²) in [7, 11) is 1.54. The zero-order chi connectivity index (χ0) is 12.4. The molecule has 0 saturated carbocycles. The van der Waals surface area contributed by atoms with E-state index in [0.29, 0.717) is 6.42 Å². The lowest BCUT2D eigenvalue weighted by atomic mass is 9.93. The van der Waals surface area contributed by atoms with Crippen LogP contribution in [0.1, 0.15) is 5.56 Å². The van der Waals surface area contributed by atoms with Crippen molar-refractivity contribution in [3.8, 4) is 0 Å². The molecule has 2 amide bonds. The normalized spacial score (nSPS) is 18.4. The summed E-state index contributed by atoms with van der Waals surface area (Å²) >= 11 is 0. The highest BCUT2D eigenvalue weighted by Gasteiger charge is 2.31. The summed E-state index contributed by atoms with van der Waals surface area (Å²) in [5, 5.41) is 11.6. The number of benzene rings is 1. The highest BCUT2D eigenvalue weighted by Crippen LogP contribution is 2.29. The van der Waals surface area contributed by atoms with Crippen molar-refractivity contribution in [2.24, 2.45) is 5.92 Å². The standard InChI is InChI=1S/C12H14N2O3/c1-13-12(17)14-7-9(11(15)16)6-8-4-2-3-5-10(8)14/h2-5,9H,6-7H2,1H3,(H,13,17)(H,15,16). The molecular formula is C12H14N2O3. The molecule has 0 saturated heterocycles. The van der Waals surface area contributed by atoms with Gasteiger partial charge in [0.25, 0.3) is 0 Å². The lowest BCUT2D eigenvalue weighted by molar-refractivity contribution is -0.141. The molecule has 1 aromatic rings. The van der Waals surface area contributed by atoms with Crippen LogP contribution >= 0.6 is 0 Å². The van der Waals surface area contributed by atoms with E-state index in [9.17, 15) is 9.59 Å². The minimum absolute atomic E-state index is 0.214. The minimum atomic E-state index is -0.867. The van der Waals surface area contributed by atoms with Crippen molar-refractivity contribution in [2.45, 2.75) is 6.42 Å². The molecule has 1 aliphatic heterocycles. The molecule has 1 heterocycles. The first-order valence-electron chi connectivity index (χ1n) is 5.43. The van der Waals surface area contributed by atoms with Gasteiger partial charge in [0.1, 0.15) is 0 Å². The Labute approximate surface area is 99.0 Å². The van der Waals surface area contributed by atoms with Crippen LogP contribution in [0.3, 0.4) is 0 Å². The molecule has 1 atom stereocenters. The third-order valence-corrected chi connectivity index (χ3v) is 2.96. The molecule has 0 fully saturated rings. The van der Waals surface area contributed by atoms with Crippen molar-refractivity contribution in [1.82, 2.24) is 5.32 Å². The SMILES string of the molecule is CNC(=O)N1CC(C(=O)O)Cc2ccccc21. The summed E-state index contributed by atoms with van der Waals surface area (Å²) in [6.45, 7) is 0.214. The highest BCUT2D eigenvalue weighted by molar-refractivity contribution is 5.94. The van der Waals surface area contributed by atoms with Gasteiger partial charge in [-0.25, -0.2) is 4.79 Å². The molecule has 0 bridgehead atoms. The largest absolute Gasteiger partial charge is 0.481 e. The van der Waals surface area contributed by atoms with Gasteiger partial charge in [-0.2, -0.15) is 0 Å². The Bertz CT molecular complexity index is 459. The fraction of sp³-hybridized carbons (Fsp3) is 0.333. The van der Waals surface area contributed by atoms with Crippen molar-refractivity contribution < 1.29 is 14.7 Å². The zero-order valence-corrected chi connectivity index (χ0v) is 9.51. The number of fused-ring (bicyclic) bond motifs is 1. The van der Waals surface area contributed by atoms with Crippen molar-refractivity contribution in [3.05, 3.63) is 29.8 Å². The molecule has 0 aromatic heterocycles. The molecular weight excluding hydrogens is 220 g/mol. The van der Waals surface area contributed by atoms with E-state index in [0.717, 1.165) is 11.3 Å². The Morgan fingerprint density at radius 1 is 1.41 bits per heavy atom. The number of hydrogen-bond acceptors (Lipinski definition) is 2. The molecule has 2 rings (SSSR count). The molecule has 1 unspecified atom stereocenters. The van der Waals surface area contributed by atoms with Gasteiger partial charge in [0.05, 0.1) is 5.92 Å². The summed E-state index contributed by atoms with van der Waals surface area (Å²) < 4.78 is 0. The molecule has 2 N–H and O–H groups in total. The summed E-state index contributed by atoms with van der Waals surface area (Å²) in [6, 6.07) is 7.12. The Balaban J connectivity index is 2.39. The molecule has 0 spiro atoms. The number of carbonyl (C=O) groups excluding carboxylic acids is 1. The Hall–Kier alpha value is -2.04. The maximum absolute atomic E-state index is 11.7. The molecule has 0 aliphatic carbocycles. The summed E-state index contributed by atoms with van der Waals surface area (Å²) in [5.41, 5.74) is 1.69. The smallest absolute Gasteiger partial charge is 0.321 e. The summed E-state index contributed by atoms with van der Waals surface area (Å²) in [4.78, 5) is 24.3. The van der Waals surface area contributed by atoms with Crippen LogP contribution in [0, 0.1) is 5.92 Å². The Morgan fingerprint density at radius 3 is 2.76 bits per heavy atom. The zero-order valence-electron chi connectivity index (χ0n) is 9.51. The second-order valence-electron chi connectivity index (χ2n) is 4.03. The van der Waals surface area contributed by atoms with Gasteiger partial charge in [-0.15, -0.1) is 0 Å². The number of carboxylic acids is 1. The minimum Gasteiger partial charge on any atom is -0.481 e. The number of para-hydroxylation sites is 1. The van der Waals surface area contributed by atoms with Crippen LogP contribution in [0.5, 0.6) is 0 Å². The second kappa shape index (κ2) is 4.45. The number of aliphatic carboxylic acids is 1. The molecule has 90 valence electrons. The number of rotatable bonds is 1. The number of urea groups is 1. The summed E-state index contributed by atoms with van der Waals surface area (Å²) in [6.07, 6.45) is 0.471. The van der Waals surface area contributed by atoms with E-state index in [2.05, 4.69) is 5.32 Å². The lowest BCUT2D eigenvalue weighted by Crippen LogP contribution is -2.46. The molecule has 5 nitrogen and oxygen atoms in total. The van der Waals surface area contributed by atoms with E-state index >= 15 is 0 Å². The first kappa shape index (κ1) is 11.4. The van der Waals surface area contributed by atoms with Crippen molar-refractivity contribution >= 4 is 17.7 Å². The Kier molecular flexibility index (Phi) is 2.99. The predicted octanol–water partition coefficient (Wildman–Crippen LogP) is 1.09. The topological polar surface area (TPSA) is 69.6 Å². The van der Waals surface area contributed by atoms with Crippen LogP contribution in [0.25, 0.3) is 0 Å². The van der Waals surface area contributed by atoms with Crippen molar-refractivity contribution in [3.63, 3.8) is 0 Å². The first-order valence-corrected chi connectivity index (χ1v) is 5.43. The van der Waals surface area contributed by atoms with Gasteiger partial charge in [0.15, 0.2) is 0 Å². The molecule has 0 radical (unpaired) electrons. The van der Waals surface area contributed by atoms with Gasteiger partial charge in [0.2, 0.25) is 0 Å². The number of nitrogens with one attached hydrogen (secondary N) is 1. The van der Waals surface area contributed by atoms with E-state index in [4.69, 9.17) is 5.11 Å². The molecule has 5 heteroatoms. The molecule has 1 aromatic carbocycles. The van der Waals surface area contributed by atoms with Gasteiger partial charge in [-0.1, -0.05) is 18.2 Å². The predicted molar refractivity (Wildman–Crippen MR) is 63.1 cm³/mol. The van der Waals surface area contributed by atoms with E-state index in [1.54, 1.807) is 0 Å². The third kappa shape index (κ3) is 2.08. The number of carboxylic acid groups (broad SMARTS) is 1. The van der Waals surface area contributed by atoms with Crippen LogP contribution in [0.4, 0.5) is 10.5 Å². The van der Waals surface area contributed by atoms with Gasteiger partial charge in [-0.3, -0.25) is 9.69 Å². The number of anilines is 1. The monoisotopic (exact) mass is 234 g/mol. The Morgan fingerprint density at radius 2 is 2.12 bits per heavy atom. The average molecular weight is 234 g/mol. The van der Waals surface area contributed by atoms with Gasteiger partial charge in [-0.05, 0) is 18.1 Å². The van der Waals surface area contributed by atoms with Gasteiger partial charge in [0, 0.05) is 19.3 Å². The van der Waals surface area contributed by atoms with Gasteiger partial charge < -0.3 is 10.4 Å². The quantitative estimate of drug-likeness (QED) is 0.764.